The zero-order valence-corrected chi connectivity index (χ0v) is 41.7. The van der Waals surface area contributed by atoms with E-state index in [1.807, 2.05) is 36.4 Å². The SMILES string of the molecule is CCCCC[C@H]1CC[C@H](c2ccc(-c3ccc(C(=O)Nc4ccc(-c5cccc6c7c(ccc56)OC(c5ccccc5)(c5ccc(N6CCN(c8ccc(OC)cc8)CC6)cc5)C=C7)cc4)cc3)cc2)CC1. The largest absolute Gasteiger partial charge is 0.497 e. The van der Waals surface area contributed by atoms with Crippen molar-refractivity contribution in [2.45, 2.75) is 69.8 Å². The predicted molar refractivity (Wildman–Crippen MR) is 299 cm³/mol. The van der Waals surface area contributed by atoms with E-state index in [9.17, 15) is 4.79 Å². The minimum Gasteiger partial charge on any atom is -0.497 e. The summed E-state index contributed by atoms with van der Waals surface area (Å²) in [7, 11) is 1.71. The number of benzene rings is 8. The Balaban J connectivity index is 0.750. The van der Waals surface area contributed by atoms with Gasteiger partial charge in [-0.15, -0.1) is 0 Å². The van der Waals surface area contributed by atoms with E-state index in [-0.39, 0.29) is 5.91 Å². The third-order valence-corrected chi connectivity index (χ3v) is 15.8. The van der Waals surface area contributed by atoms with Gasteiger partial charge in [-0.25, -0.2) is 0 Å². The quantitative estimate of drug-likeness (QED) is 0.110. The van der Waals surface area contributed by atoms with Gasteiger partial charge in [0.25, 0.3) is 5.91 Å². The highest BCUT2D eigenvalue weighted by Gasteiger charge is 2.37. The van der Waals surface area contributed by atoms with E-state index in [4.69, 9.17) is 9.47 Å². The molecule has 1 aliphatic carbocycles. The fourth-order valence-corrected chi connectivity index (χ4v) is 11.5. The molecule has 6 heteroatoms. The summed E-state index contributed by atoms with van der Waals surface area (Å²) in [6.07, 6.45) is 15.3. The highest BCUT2D eigenvalue weighted by Crippen LogP contribution is 2.46. The van der Waals surface area contributed by atoms with Crippen LogP contribution in [-0.4, -0.2) is 39.2 Å². The number of carbonyl (C=O) groups is 1. The van der Waals surface area contributed by atoms with Crippen molar-refractivity contribution in [3.8, 4) is 33.8 Å². The first-order valence-corrected chi connectivity index (χ1v) is 26.3. The maximum atomic E-state index is 13.5. The van der Waals surface area contributed by atoms with E-state index in [0.717, 1.165) is 93.4 Å². The highest BCUT2D eigenvalue weighted by molar-refractivity contribution is 6.05. The molecule has 2 fully saturated rings. The smallest absolute Gasteiger partial charge is 0.255 e. The minimum absolute atomic E-state index is 0.124. The molecule has 2 aliphatic heterocycles. The molecular formula is C66H65N3O3. The van der Waals surface area contributed by atoms with Gasteiger partial charge in [-0.3, -0.25) is 4.79 Å². The third kappa shape index (κ3) is 9.75. The molecule has 8 aromatic rings. The van der Waals surface area contributed by atoms with Crippen LogP contribution in [0.5, 0.6) is 11.5 Å². The van der Waals surface area contributed by atoms with E-state index < -0.39 is 5.60 Å². The van der Waals surface area contributed by atoms with Crippen LogP contribution in [0.25, 0.3) is 39.1 Å². The first-order chi connectivity index (χ1) is 35.4. The van der Waals surface area contributed by atoms with Crippen LogP contribution in [0.15, 0.2) is 188 Å². The van der Waals surface area contributed by atoms with Gasteiger partial charge in [-0.2, -0.15) is 0 Å². The predicted octanol–water partition coefficient (Wildman–Crippen LogP) is 16.0. The number of amides is 1. The van der Waals surface area contributed by atoms with Gasteiger partial charge in [0.1, 0.15) is 11.5 Å². The lowest BCUT2D eigenvalue weighted by molar-refractivity contribution is 0.102. The monoisotopic (exact) mass is 948 g/mol. The molecule has 362 valence electrons. The van der Waals surface area contributed by atoms with Crippen LogP contribution in [0.1, 0.15) is 96.8 Å². The first kappa shape index (κ1) is 46.8. The van der Waals surface area contributed by atoms with E-state index in [0.29, 0.717) is 11.5 Å². The van der Waals surface area contributed by atoms with Gasteiger partial charge < -0.3 is 24.6 Å². The van der Waals surface area contributed by atoms with Crippen molar-refractivity contribution in [1.82, 2.24) is 0 Å². The first-order valence-electron chi connectivity index (χ1n) is 26.3. The summed E-state index contributed by atoms with van der Waals surface area (Å²) in [5, 5.41) is 5.39. The second kappa shape index (κ2) is 21.0. The Morgan fingerprint density at radius 1 is 0.611 bits per heavy atom. The molecule has 2 heterocycles. The third-order valence-electron chi connectivity index (χ3n) is 15.8. The number of unbranched alkanes of at least 4 members (excludes halogenated alkanes) is 2. The molecule has 8 aromatic carbocycles. The number of methoxy groups -OCH3 is 1. The van der Waals surface area contributed by atoms with Gasteiger partial charge in [0, 0.05) is 65.5 Å². The van der Waals surface area contributed by atoms with Crippen LogP contribution >= 0.6 is 0 Å². The average Bonchev–Trinajstić information content (AvgIpc) is 3.45. The lowest BCUT2D eigenvalue weighted by atomic mass is 9.77. The number of rotatable bonds is 14. The number of piperazine rings is 1. The van der Waals surface area contributed by atoms with Crippen LogP contribution in [0.2, 0.25) is 0 Å². The zero-order chi connectivity index (χ0) is 48.9. The molecular weight excluding hydrogens is 883 g/mol. The molecule has 1 amide bonds. The van der Waals surface area contributed by atoms with Crippen LogP contribution in [0.4, 0.5) is 17.1 Å². The summed E-state index contributed by atoms with van der Waals surface area (Å²) in [4.78, 5) is 18.4. The molecule has 0 radical (unpaired) electrons. The molecule has 1 unspecified atom stereocenters. The van der Waals surface area contributed by atoms with E-state index in [1.54, 1.807) is 7.11 Å². The van der Waals surface area contributed by atoms with Crippen LogP contribution in [0.3, 0.4) is 0 Å². The summed E-state index contributed by atoms with van der Waals surface area (Å²) >= 11 is 0. The van der Waals surface area contributed by atoms with Crippen molar-refractivity contribution in [2.24, 2.45) is 5.92 Å². The number of fused-ring (bicyclic) bond motifs is 3. The van der Waals surface area contributed by atoms with Crippen LogP contribution in [0, 0.1) is 5.92 Å². The summed E-state index contributed by atoms with van der Waals surface area (Å²) in [5.74, 6) is 3.20. The topological polar surface area (TPSA) is 54.0 Å². The molecule has 1 saturated heterocycles. The Morgan fingerprint density at radius 2 is 1.24 bits per heavy atom. The van der Waals surface area contributed by atoms with E-state index >= 15 is 0 Å². The summed E-state index contributed by atoms with van der Waals surface area (Å²) in [5.41, 5.74) is 12.2. The van der Waals surface area contributed by atoms with Gasteiger partial charge in [0.05, 0.1) is 7.11 Å². The molecule has 1 N–H and O–H groups in total. The summed E-state index contributed by atoms with van der Waals surface area (Å²) < 4.78 is 12.6. The Hall–Kier alpha value is -7.57. The Morgan fingerprint density at radius 3 is 1.89 bits per heavy atom. The lowest BCUT2D eigenvalue weighted by Gasteiger charge is -2.38. The van der Waals surface area contributed by atoms with E-state index in [1.165, 1.54) is 73.9 Å². The van der Waals surface area contributed by atoms with Crippen molar-refractivity contribution >= 4 is 39.8 Å². The molecule has 0 bridgehead atoms. The van der Waals surface area contributed by atoms with E-state index in [2.05, 4.69) is 180 Å². The number of ether oxygens (including phenoxy) is 2. The van der Waals surface area contributed by atoms with Crippen molar-refractivity contribution in [3.05, 3.63) is 216 Å². The average molecular weight is 948 g/mol. The molecule has 3 aliphatic rings. The molecule has 6 nitrogen and oxygen atoms in total. The number of anilines is 3. The van der Waals surface area contributed by atoms with Gasteiger partial charge in [-0.05, 0) is 155 Å². The van der Waals surface area contributed by atoms with Crippen molar-refractivity contribution in [1.29, 1.82) is 0 Å². The second-order valence-electron chi connectivity index (χ2n) is 20.1. The fraction of sp³-hybridized carbons (Fsp3) is 0.258. The summed E-state index contributed by atoms with van der Waals surface area (Å²) in [6, 6.07) is 63.9. The Bertz CT molecular complexity index is 3130. The maximum absolute atomic E-state index is 13.5. The molecule has 72 heavy (non-hydrogen) atoms. The molecule has 0 spiro atoms. The molecule has 1 atom stereocenters. The number of hydrogen-bond donors (Lipinski definition) is 1. The summed E-state index contributed by atoms with van der Waals surface area (Å²) in [6.45, 7) is 6.09. The number of nitrogens with one attached hydrogen (secondary N) is 1. The Labute approximate surface area is 426 Å². The van der Waals surface area contributed by atoms with Crippen LogP contribution < -0.4 is 24.6 Å². The number of hydrogen-bond acceptors (Lipinski definition) is 5. The van der Waals surface area contributed by atoms with Crippen LogP contribution in [-0.2, 0) is 5.60 Å². The Kier molecular flexibility index (Phi) is 13.7. The van der Waals surface area contributed by atoms with Crippen molar-refractivity contribution in [2.75, 3.05) is 48.4 Å². The molecule has 1 saturated carbocycles. The lowest BCUT2D eigenvalue weighted by Crippen LogP contribution is -2.46. The molecule has 11 rings (SSSR count). The van der Waals surface area contributed by atoms with Crippen molar-refractivity contribution < 1.29 is 14.3 Å². The number of carbonyl (C=O) groups excluding carboxylic acids is 1. The normalized spacial score (nSPS) is 18.6. The number of nitrogens with zero attached hydrogens (tertiary/aromatic N) is 2. The molecule has 0 aromatic heterocycles. The van der Waals surface area contributed by atoms with Gasteiger partial charge >= 0.3 is 0 Å². The van der Waals surface area contributed by atoms with Gasteiger partial charge in [-0.1, -0.05) is 148 Å². The fourth-order valence-electron chi connectivity index (χ4n) is 11.5. The zero-order valence-electron chi connectivity index (χ0n) is 41.7. The van der Waals surface area contributed by atoms with Gasteiger partial charge in [0.15, 0.2) is 5.60 Å². The van der Waals surface area contributed by atoms with Crippen molar-refractivity contribution in [3.63, 3.8) is 0 Å². The second-order valence-corrected chi connectivity index (χ2v) is 20.1. The minimum atomic E-state index is -0.800. The van der Waals surface area contributed by atoms with Gasteiger partial charge in [0.2, 0.25) is 0 Å². The highest BCUT2D eigenvalue weighted by atomic mass is 16.5. The maximum Gasteiger partial charge on any atom is 0.255 e. The standard InChI is InChI=1S/C66H65N3O3/c1-3-4-6-10-47-15-17-48(18-16-47)49-19-21-50(22-20-49)51-23-25-53(26-24-51)65(70)67-56-31-27-52(28-32-56)60-13-9-14-61-62(60)39-40-64-63(61)41-42-66(72-64,54-11-7-5-8-12-54)55-29-33-57(34-30-55)68-43-45-69(46-44-68)58-35-37-59(71-2)38-36-58/h5,7-9,11-14,19-42,47-48H,3-4,6,10,15-18,43-46H2,1-2H3,(H,67,70)/t47-,48-,66?.